The fraction of sp³-hybridized carbons (Fsp3) is 0.333. The molecule has 1 aromatic rings. The van der Waals surface area contributed by atoms with Gasteiger partial charge in [0.1, 0.15) is 0 Å². The van der Waals surface area contributed by atoms with Crippen LogP contribution in [-0.4, -0.2) is 43.9 Å². The van der Waals surface area contributed by atoms with E-state index in [4.69, 9.17) is 10.8 Å². The molecule has 0 amide bonds. The summed E-state index contributed by atoms with van der Waals surface area (Å²) in [4.78, 5) is 17.1. The Balaban J connectivity index is 2.58. The van der Waals surface area contributed by atoms with Crippen LogP contribution in [-0.2, 0) is 11.2 Å². The van der Waals surface area contributed by atoms with E-state index in [-0.39, 0.29) is 6.42 Å². The average molecular weight is 229 g/mol. The Morgan fingerprint density at radius 3 is 3.00 bits per heavy atom. The molecule has 0 unspecified atom stereocenters. The van der Waals surface area contributed by atoms with E-state index in [1.54, 1.807) is 6.20 Å². The van der Waals surface area contributed by atoms with Gasteiger partial charge in [-0.25, -0.2) is 0 Å². The minimum atomic E-state index is -1.00. The first kappa shape index (κ1) is 9.29. The quantitative estimate of drug-likeness (QED) is 0.531. The number of nitrogens with zero attached hydrogens (tertiary/aromatic N) is 1. The summed E-state index contributed by atoms with van der Waals surface area (Å²) in [5.41, 5.74) is 6.04. The molecule has 0 aliphatic rings. The number of imidazole rings is 1. The fourth-order valence-electron chi connectivity index (χ4n) is 0.775. The van der Waals surface area contributed by atoms with Crippen LogP contribution in [0.2, 0.25) is 0 Å². The van der Waals surface area contributed by atoms with Crippen molar-refractivity contribution in [3.05, 3.63) is 11.9 Å². The molecule has 0 aromatic carbocycles. The van der Waals surface area contributed by atoms with Crippen molar-refractivity contribution in [2.45, 2.75) is 12.5 Å². The van der Waals surface area contributed by atoms with Crippen LogP contribution >= 0.6 is 0 Å². The predicted octanol–water partition coefficient (Wildman–Crippen LogP) is -1.84. The van der Waals surface area contributed by atoms with Crippen molar-refractivity contribution in [2.75, 3.05) is 0 Å². The van der Waals surface area contributed by atoms with E-state index in [1.165, 1.54) is 0 Å². The molecule has 6 heteroatoms. The Morgan fingerprint density at radius 2 is 2.58 bits per heavy atom. The zero-order valence-corrected chi connectivity index (χ0v) is 8.07. The summed E-state index contributed by atoms with van der Waals surface area (Å²) < 4.78 is 0.704. The van der Waals surface area contributed by atoms with Gasteiger partial charge in [0.05, 0.1) is 0 Å². The molecule has 0 aliphatic carbocycles. The Hall–Kier alpha value is -0.802. The van der Waals surface area contributed by atoms with Crippen LogP contribution in [0.1, 0.15) is 5.69 Å². The summed E-state index contributed by atoms with van der Waals surface area (Å²) in [6.07, 6.45) is 1.86. The number of aromatic nitrogens is 2. The van der Waals surface area contributed by atoms with Gasteiger partial charge in [0.15, 0.2) is 0 Å². The van der Waals surface area contributed by atoms with Crippen LogP contribution in [0.5, 0.6) is 0 Å². The molecule has 5 nitrogen and oxygen atoms in total. The Kier molecular flexibility index (Phi) is 2.89. The van der Waals surface area contributed by atoms with Crippen molar-refractivity contribution < 1.29 is 9.90 Å². The number of aliphatic carboxylic acids is 1. The van der Waals surface area contributed by atoms with Gasteiger partial charge in [0.2, 0.25) is 0 Å². The molecule has 1 heterocycles. The van der Waals surface area contributed by atoms with Crippen LogP contribution in [0.15, 0.2) is 6.20 Å². The molecular formula is C6H8AsN3O2. The molecule has 0 bridgehead atoms. The van der Waals surface area contributed by atoms with Crippen LogP contribution in [0.25, 0.3) is 0 Å². The monoisotopic (exact) mass is 229 g/mol. The average Bonchev–Trinajstić information content (AvgIpc) is 2.35. The normalized spacial score (nSPS) is 12.8. The van der Waals surface area contributed by atoms with E-state index in [1.807, 2.05) is 0 Å². The van der Waals surface area contributed by atoms with E-state index in [2.05, 4.69) is 26.8 Å². The summed E-state index contributed by atoms with van der Waals surface area (Å²) in [5, 5.41) is 8.49. The number of rotatable bonds is 3. The van der Waals surface area contributed by atoms with Crippen molar-refractivity contribution in [1.29, 1.82) is 0 Å². The standard InChI is InChI=1S/C6H8AsN3O2/c7-6-9-2-3(10-6)1-4(8)5(11)12/h2,4H,1,8H2,(H,9,10)(H,11,12)/t4-/m0/s1. The van der Waals surface area contributed by atoms with E-state index in [0.29, 0.717) is 4.61 Å². The number of aromatic amines is 1. The number of hydrogen-bond donors (Lipinski definition) is 3. The molecule has 0 spiro atoms. The second kappa shape index (κ2) is 3.74. The Labute approximate surface area is 77.9 Å². The topological polar surface area (TPSA) is 92.0 Å². The zero-order chi connectivity index (χ0) is 9.14. The molecule has 0 fully saturated rings. The first-order valence-electron chi connectivity index (χ1n) is 3.31. The van der Waals surface area contributed by atoms with E-state index < -0.39 is 12.0 Å². The van der Waals surface area contributed by atoms with E-state index in [9.17, 15) is 4.79 Å². The van der Waals surface area contributed by atoms with Crippen molar-refractivity contribution in [3.8, 4) is 0 Å². The van der Waals surface area contributed by atoms with Crippen molar-refractivity contribution in [1.82, 2.24) is 9.97 Å². The summed E-state index contributed by atoms with van der Waals surface area (Å²) >= 11 is 2.24. The van der Waals surface area contributed by atoms with Crippen LogP contribution < -0.4 is 10.3 Å². The Morgan fingerprint density at radius 1 is 1.92 bits per heavy atom. The summed E-state index contributed by atoms with van der Waals surface area (Å²) in [6.45, 7) is 0. The van der Waals surface area contributed by atoms with Gasteiger partial charge >= 0.3 is 77.4 Å². The third-order valence-electron chi connectivity index (χ3n) is 1.37. The molecule has 1 atom stereocenters. The zero-order valence-electron chi connectivity index (χ0n) is 6.19. The van der Waals surface area contributed by atoms with Gasteiger partial charge in [-0.05, 0) is 0 Å². The number of hydrogen-bond acceptors (Lipinski definition) is 3. The van der Waals surface area contributed by atoms with Crippen LogP contribution in [0.4, 0.5) is 0 Å². The second-order valence-electron chi connectivity index (χ2n) is 2.38. The van der Waals surface area contributed by atoms with Gasteiger partial charge < -0.3 is 0 Å². The van der Waals surface area contributed by atoms with Gasteiger partial charge in [-0.3, -0.25) is 0 Å². The molecule has 2 radical (unpaired) electrons. The van der Waals surface area contributed by atoms with Gasteiger partial charge in [0.25, 0.3) is 0 Å². The van der Waals surface area contributed by atoms with E-state index >= 15 is 0 Å². The first-order chi connectivity index (χ1) is 5.59. The first-order valence-corrected chi connectivity index (χ1v) is 4.24. The Bertz CT molecular complexity index is 286. The van der Waals surface area contributed by atoms with Crippen molar-refractivity contribution in [3.63, 3.8) is 0 Å². The van der Waals surface area contributed by atoms with Gasteiger partial charge in [-0.15, -0.1) is 0 Å². The molecule has 1 aromatic heterocycles. The van der Waals surface area contributed by atoms with Crippen molar-refractivity contribution >= 4 is 27.4 Å². The molecule has 12 heavy (non-hydrogen) atoms. The van der Waals surface area contributed by atoms with Crippen LogP contribution in [0.3, 0.4) is 0 Å². The maximum atomic E-state index is 10.3. The molecular weight excluding hydrogens is 221 g/mol. The summed E-state index contributed by atoms with van der Waals surface area (Å²) in [7, 11) is 0. The predicted molar refractivity (Wildman–Crippen MR) is 43.3 cm³/mol. The second-order valence-corrected chi connectivity index (χ2v) is 3.27. The summed E-state index contributed by atoms with van der Waals surface area (Å²) in [6, 6.07) is -0.864. The number of carboxylic acid groups (broad SMARTS) is 1. The fourth-order valence-corrected chi connectivity index (χ4v) is 1.20. The van der Waals surface area contributed by atoms with Gasteiger partial charge in [-0.1, -0.05) is 0 Å². The van der Waals surface area contributed by atoms with Gasteiger partial charge in [-0.2, -0.15) is 0 Å². The number of nitrogens with two attached hydrogens (primary N) is 1. The number of carboxylic acids is 1. The molecule has 0 saturated heterocycles. The van der Waals surface area contributed by atoms with Gasteiger partial charge in [0, 0.05) is 0 Å². The summed E-state index contributed by atoms with van der Waals surface area (Å²) in [5.74, 6) is -1.00. The molecule has 0 aliphatic heterocycles. The number of nitrogens with one attached hydrogen (secondary N) is 1. The third-order valence-corrected chi connectivity index (χ3v) is 1.85. The van der Waals surface area contributed by atoms with E-state index in [0.717, 1.165) is 5.69 Å². The molecule has 4 N–H and O–H groups in total. The molecule has 1 rings (SSSR count). The minimum absolute atomic E-state index is 0.278. The third kappa shape index (κ3) is 2.36. The SMILES string of the molecule is N[C@@H](Cc1cnc([As])[nH]1)C(=O)O. The molecule has 64 valence electrons. The number of carbonyl (C=O) groups is 1. The van der Waals surface area contributed by atoms with Crippen LogP contribution in [0, 0.1) is 0 Å². The molecule has 0 saturated carbocycles. The van der Waals surface area contributed by atoms with Crippen molar-refractivity contribution in [2.24, 2.45) is 5.73 Å². The number of H-pyrrole nitrogens is 1. The maximum absolute atomic E-state index is 10.3.